The third kappa shape index (κ3) is 3.63. The van der Waals surface area contributed by atoms with E-state index in [2.05, 4.69) is 82.6 Å². The first-order chi connectivity index (χ1) is 19.0. The number of hydrogen-bond donors (Lipinski definition) is 0. The fourth-order valence-electron chi connectivity index (χ4n) is 5.58. The van der Waals surface area contributed by atoms with Gasteiger partial charge >= 0.3 is 21.1 Å². The first-order valence-electron chi connectivity index (χ1n) is 12.9. The van der Waals surface area contributed by atoms with Crippen LogP contribution in [0.2, 0.25) is 0 Å². The summed E-state index contributed by atoms with van der Waals surface area (Å²) in [6.45, 7) is 6.70. The van der Waals surface area contributed by atoms with Crippen LogP contribution in [0.4, 0.5) is 0 Å². The van der Waals surface area contributed by atoms with Crippen molar-refractivity contribution in [1.29, 1.82) is 0 Å². The normalized spacial score (nSPS) is 12.2. The average molecular weight is 701 g/mol. The van der Waals surface area contributed by atoms with Crippen molar-refractivity contribution in [3.8, 4) is 11.5 Å². The molecule has 0 aliphatic carbocycles. The number of aromatic nitrogens is 5. The Kier molecular flexibility index (Phi) is 5.48. The number of hydrogen-bond acceptors (Lipinski definition) is 4. The maximum atomic E-state index is 6.34. The molecule has 0 aliphatic heterocycles. The van der Waals surface area contributed by atoms with Gasteiger partial charge in [-0.2, -0.15) is 0 Å². The van der Waals surface area contributed by atoms with E-state index < -0.39 is 0 Å². The molecule has 7 heteroatoms. The van der Waals surface area contributed by atoms with Gasteiger partial charge in [-0.3, -0.25) is 15.0 Å². The van der Waals surface area contributed by atoms with Crippen LogP contribution in [0, 0.1) is 12.1 Å². The molecule has 8 rings (SSSR count). The Hall–Kier alpha value is -4.28. The van der Waals surface area contributed by atoms with Crippen LogP contribution < -0.4 is 4.74 Å². The molecule has 0 fully saturated rings. The Labute approximate surface area is 244 Å². The average Bonchev–Trinajstić information content (AvgIpc) is 3.63. The van der Waals surface area contributed by atoms with E-state index in [9.17, 15) is 0 Å². The Morgan fingerprint density at radius 1 is 0.675 bits per heavy atom. The summed E-state index contributed by atoms with van der Waals surface area (Å²) in [6, 6.07) is 23.7. The van der Waals surface area contributed by atoms with Crippen molar-refractivity contribution in [2.75, 3.05) is 0 Å². The van der Waals surface area contributed by atoms with Crippen LogP contribution in [0.15, 0.2) is 85.7 Å². The maximum Gasteiger partial charge on any atom is 2.00 e. The quantitative estimate of drug-likeness (QED) is 0.137. The minimum atomic E-state index is 0. The van der Waals surface area contributed by atoms with Crippen LogP contribution in [0.1, 0.15) is 26.3 Å². The van der Waals surface area contributed by atoms with Gasteiger partial charge in [0.25, 0.3) is 0 Å². The van der Waals surface area contributed by atoms with Gasteiger partial charge in [0.05, 0.1) is 16.8 Å². The van der Waals surface area contributed by atoms with E-state index in [-0.39, 0.29) is 26.5 Å². The molecule has 0 unspecified atom stereocenters. The SMILES string of the molecule is CC(C)(C)c1ccc2c3ccc(Oc4[c-]c5c(cc4)c4ccncc4n4ccnc54)[c-]c3c3nccn3c2c1.[Pt+2]. The molecule has 0 saturated carbocycles. The molecule has 0 N–H and O–H groups in total. The van der Waals surface area contributed by atoms with Gasteiger partial charge in [-0.05, 0) is 33.9 Å². The van der Waals surface area contributed by atoms with Crippen LogP contribution in [0.5, 0.6) is 11.5 Å². The number of rotatable bonds is 2. The molecule has 0 amide bonds. The molecule has 196 valence electrons. The second-order valence-electron chi connectivity index (χ2n) is 10.9. The van der Waals surface area contributed by atoms with Gasteiger partial charge in [0.15, 0.2) is 0 Å². The fraction of sp³-hybridized carbons (Fsp3) is 0.121. The number of nitrogens with zero attached hydrogens (tertiary/aromatic N) is 5. The van der Waals surface area contributed by atoms with Gasteiger partial charge in [-0.1, -0.05) is 78.7 Å². The largest absolute Gasteiger partial charge is 2.00 e. The monoisotopic (exact) mass is 700 g/mol. The minimum absolute atomic E-state index is 0. The van der Waals surface area contributed by atoms with E-state index in [1.54, 1.807) is 6.20 Å². The number of benzene rings is 3. The van der Waals surface area contributed by atoms with Crippen molar-refractivity contribution in [1.82, 2.24) is 23.8 Å². The molecule has 0 radical (unpaired) electrons. The number of ether oxygens (including phenoxy) is 1. The van der Waals surface area contributed by atoms with Crippen LogP contribution in [0.25, 0.3) is 54.6 Å². The second-order valence-corrected chi connectivity index (χ2v) is 10.9. The molecule has 5 aromatic heterocycles. The molecule has 0 spiro atoms. The number of imidazole rings is 2. The van der Waals surface area contributed by atoms with Crippen molar-refractivity contribution >= 4 is 54.6 Å². The molecule has 0 saturated heterocycles. The molecule has 8 aromatic rings. The van der Waals surface area contributed by atoms with Crippen LogP contribution in [0.3, 0.4) is 0 Å². The van der Waals surface area contributed by atoms with Gasteiger partial charge in [0.2, 0.25) is 0 Å². The van der Waals surface area contributed by atoms with E-state index in [0.29, 0.717) is 11.5 Å². The number of pyridine rings is 3. The molecular formula is C33H23N5OPt. The predicted octanol–water partition coefficient (Wildman–Crippen LogP) is 7.68. The molecule has 3 aromatic carbocycles. The van der Waals surface area contributed by atoms with Crippen LogP contribution >= 0.6 is 0 Å². The van der Waals surface area contributed by atoms with Gasteiger partial charge in [0.1, 0.15) is 0 Å². The third-order valence-corrected chi connectivity index (χ3v) is 7.55. The summed E-state index contributed by atoms with van der Waals surface area (Å²) >= 11 is 0. The molecular weight excluding hydrogens is 677 g/mol. The molecule has 0 aliphatic rings. The van der Waals surface area contributed by atoms with Crippen LogP contribution in [-0.4, -0.2) is 23.8 Å². The zero-order chi connectivity index (χ0) is 26.3. The Morgan fingerprint density at radius 2 is 1.25 bits per heavy atom. The summed E-state index contributed by atoms with van der Waals surface area (Å²) in [7, 11) is 0. The summed E-state index contributed by atoms with van der Waals surface area (Å²) in [5.41, 5.74) is 5.16. The van der Waals surface area contributed by atoms with Crippen LogP contribution in [-0.2, 0) is 26.5 Å². The molecule has 5 heterocycles. The molecule has 0 atom stereocenters. The first kappa shape index (κ1) is 24.7. The zero-order valence-electron chi connectivity index (χ0n) is 22.0. The van der Waals surface area contributed by atoms with Crippen molar-refractivity contribution < 1.29 is 25.8 Å². The van der Waals surface area contributed by atoms with E-state index >= 15 is 0 Å². The van der Waals surface area contributed by atoms with E-state index in [0.717, 1.165) is 54.6 Å². The summed E-state index contributed by atoms with van der Waals surface area (Å²) in [6.07, 6.45) is 11.3. The standard InChI is InChI=1S/C33H23N5O.Pt/c1-33(2,3)20-4-7-25-23-8-5-21(17-27(23)31-35-12-14-37(31)29(25)16-20)39-22-6-9-24-26-10-11-34-19-30(26)38-15-13-36-32(38)28(24)18-22;/h4-16,19H,1-3H3;/q-2;+2. The molecule has 6 nitrogen and oxygen atoms in total. The van der Waals surface area contributed by atoms with E-state index in [1.165, 1.54) is 5.56 Å². The van der Waals surface area contributed by atoms with Gasteiger partial charge < -0.3 is 13.5 Å². The van der Waals surface area contributed by atoms with E-state index in [1.807, 2.05) is 53.6 Å². The topological polar surface area (TPSA) is 56.7 Å². The predicted molar refractivity (Wildman–Crippen MR) is 155 cm³/mol. The van der Waals surface area contributed by atoms with Crippen molar-refractivity contribution in [3.63, 3.8) is 0 Å². The molecule has 0 bridgehead atoms. The summed E-state index contributed by atoms with van der Waals surface area (Å²) in [5, 5.41) is 6.22. The fourth-order valence-corrected chi connectivity index (χ4v) is 5.58. The summed E-state index contributed by atoms with van der Waals surface area (Å²) in [5.74, 6) is 1.21. The second kappa shape index (κ2) is 8.87. The number of fused-ring (bicyclic) bond motifs is 12. The third-order valence-electron chi connectivity index (χ3n) is 7.55. The van der Waals surface area contributed by atoms with Gasteiger partial charge in [0, 0.05) is 54.2 Å². The maximum absolute atomic E-state index is 6.34. The van der Waals surface area contributed by atoms with Gasteiger partial charge in [-0.25, -0.2) is 0 Å². The molecule has 40 heavy (non-hydrogen) atoms. The Morgan fingerprint density at radius 3 is 1.88 bits per heavy atom. The Balaban J connectivity index is 0.00000264. The van der Waals surface area contributed by atoms with Gasteiger partial charge in [-0.15, -0.1) is 12.1 Å². The summed E-state index contributed by atoms with van der Waals surface area (Å²) < 4.78 is 10.5. The Bertz CT molecular complexity index is 2260. The van der Waals surface area contributed by atoms with Crippen molar-refractivity contribution in [3.05, 3.63) is 103 Å². The van der Waals surface area contributed by atoms with Crippen molar-refractivity contribution in [2.45, 2.75) is 26.2 Å². The van der Waals surface area contributed by atoms with E-state index in [4.69, 9.17) is 4.74 Å². The van der Waals surface area contributed by atoms with Crippen molar-refractivity contribution in [2.24, 2.45) is 0 Å². The first-order valence-corrected chi connectivity index (χ1v) is 12.9. The summed E-state index contributed by atoms with van der Waals surface area (Å²) in [4.78, 5) is 13.6. The zero-order valence-corrected chi connectivity index (χ0v) is 24.3. The smallest absolute Gasteiger partial charge is 0.497 e. The minimum Gasteiger partial charge on any atom is -0.497 e.